The van der Waals surface area contributed by atoms with E-state index in [9.17, 15) is 4.79 Å². The first-order valence-corrected chi connectivity index (χ1v) is 7.03. The molecule has 1 aliphatic rings. The quantitative estimate of drug-likeness (QED) is 0.613. The van der Waals surface area contributed by atoms with Gasteiger partial charge in [0.2, 0.25) is 0 Å². The van der Waals surface area contributed by atoms with Crippen LogP contribution in [0.3, 0.4) is 0 Å². The Labute approximate surface area is 124 Å². The zero-order valence-corrected chi connectivity index (χ0v) is 12.2. The molecule has 0 N–H and O–H groups in total. The summed E-state index contributed by atoms with van der Waals surface area (Å²) in [6.45, 7) is 0. The number of ether oxygens (including phenoxy) is 1. The van der Waals surface area contributed by atoms with E-state index in [0.29, 0.717) is 10.6 Å². The fourth-order valence-electron chi connectivity index (χ4n) is 2.00. The largest absolute Gasteiger partial charge is 0.356 e. The van der Waals surface area contributed by atoms with Crippen LogP contribution >= 0.6 is 27.5 Å². The molecule has 4 heteroatoms. The average molecular weight is 338 g/mol. The van der Waals surface area contributed by atoms with Gasteiger partial charge in [0.1, 0.15) is 6.10 Å². The van der Waals surface area contributed by atoms with Gasteiger partial charge in [0.25, 0.3) is 0 Å². The van der Waals surface area contributed by atoms with Gasteiger partial charge in [-0.05, 0) is 29.8 Å². The van der Waals surface area contributed by atoms with Gasteiger partial charge in [0.15, 0.2) is 11.9 Å². The van der Waals surface area contributed by atoms with Gasteiger partial charge < -0.3 is 4.74 Å². The van der Waals surface area contributed by atoms with Gasteiger partial charge in [-0.3, -0.25) is 4.79 Å². The van der Waals surface area contributed by atoms with Crippen LogP contribution in [0.1, 0.15) is 22.0 Å². The molecule has 0 aliphatic carbocycles. The Morgan fingerprint density at radius 1 is 1.05 bits per heavy atom. The van der Waals surface area contributed by atoms with E-state index in [2.05, 4.69) is 15.9 Å². The summed E-state index contributed by atoms with van der Waals surface area (Å²) in [7, 11) is 0. The highest BCUT2D eigenvalue weighted by Crippen LogP contribution is 2.40. The summed E-state index contributed by atoms with van der Waals surface area (Å²) in [5, 5.41) is 0.681. The summed E-state index contributed by atoms with van der Waals surface area (Å²) in [6, 6.07) is 14.7. The van der Waals surface area contributed by atoms with E-state index in [1.807, 2.05) is 24.3 Å². The standard InChI is InChI=1S/C15H10BrClO2/c16-11-5-1-9(2-6-11)13(18)15-14(19-15)10-3-7-12(17)8-4-10/h1-8,14-15H/t14-,15-/m1/s1. The first-order chi connectivity index (χ1) is 9.15. The number of rotatable bonds is 3. The monoisotopic (exact) mass is 336 g/mol. The summed E-state index contributed by atoms with van der Waals surface area (Å²) in [5.41, 5.74) is 1.66. The summed E-state index contributed by atoms with van der Waals surface area (Å²) in [6.07, 6.45) is -0.518. The Hall–Kier alpha value is -1.16. The number of carbonyl (C=O) groups excluding carboxylic acids is 1. The first-order valence-electron chi connectivity index (χ1n) is 5.86. The number of Topliss-reactive ketones (excluding diaryl/α,β-unsaturated/α-hetero) is 1. The minimum atomic E-state index is -0.373. The van der Waals surface area contributed by atoms with Crippen molar-refractivity contribution in [1.82, 2.24) is 0 Å². The van der Waals surface area contributed by atoms with Crippen LogP contribution in [0, 0.1) is 0 Å². The van der Waals surface area contributed by atoms with Crippen molar-refractivity contribution in [3.05, 3.63) is 69.2 Å². The molecule has 0 saturated carbocycles. The van der Waals surface area contributed by atoms with E-state index < -0.39 is 0 Å². The van der Waals surface area contributed by atoms with Crippen molar-refractivity contribution in [1.29, 1.82) is 0 Å². The lowest BCUT2D eigenvalue weighted by Crippen LogP contribution is -2.07. The normalized spacial score (nSPS) is 21.2. The third kappa shape index (κ3) is 2.73. The van der Waals surface area contributed by atoms with E-state index in [1.54, 1.807) is 24.3 Å². The third-order valence-electron chi connectivity index (χ3n) is 3.08. The third-order valence-corrected chi connectivity index (χ3v) is 3.86. The second kappa shape index (κ2) is 5.08. The summed E-state index contributed by atoms with van der Waals surface area (Å²) < 4.78 is 6.44. The maximum Gasteiger partial charge on any atom is 0.194 e. The van der Waals surface area contributed by atoms with Gasteiger partial charge in [-0.2, -0.15) is 0 Å². The summed E-state index contributed by atoms with van der Waals surface area (Å²) in [5.74, 6) is 0.0208. The molecule has 2 atom stereocenters. The molecule has 0 unspecified atom stereocenters. The molecule has 2 aromatic carbocycles. The highest BCUT2D eigenvalue weighted by Gasteiger charge is 2.46. The average Bonchev–Trinajstić information content (AvgIpc) is 3.20. The molecule has 0 bridgehead atoms. The number of ketones is 1. The van der Waals surface area contributed by atoms with Crippen LogP contribution in [0.5, 0.6) is 0 Å². The van der Waals surface area contributed by atoms with Gasteiger partial charge in [0, 0.05) is 15.1 Å². The molecule has 2 nitrogen and oxygen atoms in total. The Kier molecular flexibility index (Phi) is 3.44. The Balaban J connectivity index is 1.74. The first kappa shape index (κ1) is 12.9. The van der Waals surface area contributed by atoms with Crippen molar-refractivity contribution in [2.75, 3.05) is 0 Å². The predicted molar refractivity (Wildman–Crippen MR) is 77.5 cm³/mol. The van der Waals surface area contributed by atoms with Crippen LogP contribution in [0.15, 0.2) is 53.0 Å². The number of epoxide rings is 1. The molecule has 0 spiro atoms. The molecule has 0 amide bonds. The fraction of sp³-hybridized carbons (Fsp3) is 0.133. The van der Waals surface area contributed by atoms with E-state index >= 15 is 0 Å². The maximum atomic E-state index is 12.2. The topological polar surface area (TPSA) is 29.6 Å². The van der Waals surface area contributed by atoms with Crippen LogP contribution in [0.25, 0.3) is 0 Å². The Morgan fingerprint density at radius 2 is 1.68 bits per heavy atom. The van der Waals surface area contributed by atoms with Crippen molar-refractivity contribution >= 4 is 33.3 Å². The van der Waals surface area contributed by atoms with Crippen molar-refractivity contribution in [2.24, 2.45) is 0 Å². The van der Waals surface area contributed by atoms with Crippen molar-refractivity contribution in [3.8, 4) is 0 Å². The lowest BCUT2D eigenvalue weighted by Gasteiger charge is -1.98. The van der Waals surface area contributed by atoms with Gasteiger partial charge in [-0.1, -0.05) is 51.8 Å². The number of hydrogen-bond acceptors (Lipinski definition) is 2. The van der Waals surface area contributed by atoms with Crippen LogP contribution in [-0.4, -0.2) is 11.9 Å². The van der Waals surface area contributed by atoms with Crippen molar-refractivity contribution < 1.29 is 9.53 Å². The molecule has 19 heavy (non-hydrogen) atoms. The molecule has 0 radical (unpaired) electrons. The van der Waals surface area contributed by atoms with E-state index in [1.165, 1.54) is 0 Å². The van der Waals surface area contributed by atoms with Gasteiger partial charge in [-0.25, -0.2) is 0 Å². The molecule has 0 aromatic heterocycles. The smallest absolute Gasteiger partial charge is 0.194 e. The summed E-state index contributed by atoms with van der Waals surface area (Å²) in [4.78, 5) is 12.2. The molecule has 1 aliphatic heterocycles. The minimum Gasteiger partial charge on any atom is -0.356 e. The number of hydrogen-bond donors (Lipinski definition) is 0. The second-order valence-corrected chi connectivity index (χ2v) is 5.75. The van der Waals surface area contributed by atoms with E-state index in [0.717, 1.165) is 10.0 Å². The molecule has 2 aromatic rings. The fourth-order valence-corrected chi connectivity index (χ4v) is 2.39. The highest BCUT2D eigenvalue weighted by atomic mass is 79.9. The number of benzene rings is 2. The number of halogens is 2. The maximum absolute atomic E-state index is 12.2. The zero-order valence-electron chi connectivity index (χ0n) is 9.85. The lowest BCUT2D eigenvalue weighted by atomic mass is 10.0. The number of carbonyl (C=O) groups is 1. The van der Waals surface area contributed by atoms with Crippen LogP contribution in [-0.2, 0) is 4.74 Å². The van der Waals surface area contributed by atoms with Crippen molar-refractivity contribution in [2.45, 2.75) is 12.2 Å². The molecule has 3 rings (SSSR count). The van der Waals surface area contributed by atoms with Crippen LogP contribution < -0.4 is 0 Å². The Bertz CT molecular complexity index is 607. The predicted octanol–water partition coefficient (Wildman–Crippen LogP) is 4.43. The minimum absolute atomic E-state index is 0.0208. The highest BCUT2D eigenvalue weighted by molar-refractivity contribution is 9.10. The molecular formula is C15H10BrClO2. The Morgan fingerprint density at radius 3 is 2.32 bits per heavy atom. The van der Waals surface area contributed by atoms with Crippen LogP contribution in [0.2, 0.25) is 5.02 Å². The lowest BCUT2D eigenvalue weighted by molar-refractivity contribution is 0.0953. The molecule has 96 valence electrons. The van der Waals surface area contributed by atoms with Crippen molar-refractivity contribution in [3.63, 3.8) is 0 Å². The zero-order chi connectivity index (χ0) is 13.4. The SMILES string of the molecule is O=C(c1ccc(Br)cc1)[C@H]1O[C@@H]1c1ccc(Cl)cc1. The van der Waals surface area contributed by atoms with Gasteiger partial charge in [-0.15, -0.1) is 0 Å². The van der Waals surface area contributed by atoms with E-state index in [-0.39, 0.29) is 18.0 Å². The summed E-state index contributed by atoms with van der Waals surface area (Å²) >= 11 is 9.18. The van der Waals surface area contributed by atoms with E-state index in [4.69, 9.17) is 16.3 Å². The molecular weight excluding hydrogens is 328 g/mol. The van der Waals surface area contributed by atoms with Crippen LogP contribution in [0.4, 0.5) is 0 Å². The molecule has 1 fully saturated rings. The van der Waals surface area contributed by atoms with Gasteiger partial charge in [0.05, 0.1) is 0 Å². The second-order valence-electron chi connectivity index (χ2n) is 4.40. The molecule has 1 heterocycles. The molecule has 1 saturated heterocycles. The van der Waals surface area contributed by atoms with Gasteiger partial charge >= 0.3 is 0 Å².